The minimum Gasteiger partial charge on any atom is -0.454 e. The first-order valence-corrected chi connectivity index (χ1v) is 8.29. The van der Waals surface area contributed by atoms with E-state index < -0.39 is 0 Å². The first-order valence-electron chi connectivity index (χ1n) is 8.29. The lowest BCUT2D eigenvalue weighted by atomic mass is 9.91. The van der Waals surface area contributed by atoms with Gasteiger partial charge >= 0.3 is 0 Å². The van der Waals surface area contributed by atoms with E-state index >= 15 is 0 Å². The van der Waals surface area contributed by atoms with Gasteiger partial charge in [0.15, 0.2) is 11.5 Å². The standard InChI is InChI=1S/C19H22N2O2/c1-14(7-15-4-5-18-19(8-15)23-13-22-18)10-21-11-17(12-21)16-3-2-6-20-9-16/h2-6,8-9,14,17H,7,10-13H2,1H3/t14-/m0/s1. The highest BCUT2D eigenvalue weighted by atomic mass is 16.7. The highest BCUT2D eigenvalue weighted by molar-refractivity contribution is 5.44. The summed E-state index contributed by atoms with van der Waals surface area (Å²) in [5.41, 5.74) is 2.69. The van der Waals surface area contributed by atoms with E-state index in [1.54, 1.807) is 0 Å². The molecule has 120 valence electrons. The van der Waals surface area contributed by atoms with Crippen LogP contribution in [0.15, 0.2) is 42.7 Å². The Balaban J connectivity index is 1.27. The summed E-state index contributed by atoms with van der Waals surface area (Å²) in [7, 11) is 0. The number of benzene rings is 1. The predicted octanol–water partition coefficient (Wildman–Crippen LogP) is 3.09. The molecule has 4 heteroatoms. The van der Waals surface area contributed by atoms with Gasteiger partial charge in [-0.2, -0.15) is 0 Å². The van der Waals surface area contributed by atoms with Crippen molar-refractivity contribution in [1.82, 2.24) is 9.88 Å². The van der Waals surface area contributed by atoms with Gasteiger partial charge in [-0.15, -0.1) is 0 Å². The molecule has 1 atom stereocenters. The maximum Gasteiger partial charge on any atom is 0.231 e. The van der Waals surface area contributed by atoms with Gasteiger partial charge in [0, 0.05) is 37.9 Å². The summed E-state index contributed by atoms with van der Waals surface area (Å²) >= 11 is 0. The topological polar surface area (TPSA) is 34.6 Å². The van der Waals surface area contributed by atoms with E-state index in [0.29, 0.717) is 18.6 Å². The van der Waals surface area contributed by atoms with Crippen LogP contribution < -0.4 is 9.47 Å². The molecule has 4 rings (SSSR count). The van der Waals surface area contributed by atoms with Crippen molar-refractivity contribution in [1.29, 1.82) is 0 Å². The van der Waals surface area contributed by atoms with Crippen LogP contribution in [0.2, 0.25) is 0 Å². The van der Waals surface area contributed by atoms with Crippen molar-refractivity contribution in [2.24, 2.45) is 5.92 Å². The van der Waals surface area contributed by atoms with E-state index in [1.165, 1.54) is 11.1 Å². The smallest absolute Gasteiger partial charge is 0.231 e. The summed E-state index contributed by atoms with van der Waals surface area (Å²) in [5, 5.41) is 0. The third-order valence-corrected chi connectivity index (χ3v) is 4.70. The summed E-state index contributed by atoms with van der Waals surface area (Å²) in [5.74, 6) is 3.03. The minimum absolute atomic E-state index is 0.345. The lowest BCUT2D eigenvalue weighted by molar-refractivity contribution is 0.127. The molecule has 0 radical (unpaired) electrons. The van der Waals surface area contributed by atoms with Gasteiger partial charge in [0.1, 0.15) is 0 Å². The van der Waals surface area contributed by atoms with Crippen LogP contribution in [-0.2, 0) is 6.42 Å². The SMILES string of the molecule is C[C@@H](Cc1ccc2c(c1)OCO2)CN1CC(c2cccnc2)C1. The van der Waals surface area contributed by atoms with E-state index in [9.17, 15) is 0 Å². The summed E-state index contributed by atoms with van der Waals surface area (Å²) in [6.45, 7) is 6.11. The molecule has 0 N–H and O–H groups in total. The molecule has 1 aromatic carbocycles. The van der Waals surface area contributed by atoms with Crippen molar-refractivity contribution in [3.63, 3.8) is 0 Å². The molecular formula is C19H22N2O2. The molecule has 2 aliphatic rings. The van der Waals surface area contributed by atoms with Crippen LogP contribution >= 0.6 is 0 Å². The van der Waals surface area contributed by atoms with E-state index in [2.05, 4.69) is 35.0 Å². The summed E-state index contributed by atoms with van der Waals surface area (Å²) in [4.78, 5) is 6.75. The van der Waals surface area contributed by atoms with E-state index in [-0.39, 0.29) is 0 Å². The number of nitrogens with zero attached hydrogens (tertiary/aromatic N) is 2. The second-order valence-electron chi connectivity index (χ2n) is 6.70. The monoisotopic (exact) mass is 310 g/mol. The molecule has 1 saturated heterocycles. The molecule has 1 fully saturated rings. The molecule has 4 nitrogen and oxygen atoms in total. The molecular weight excluding hydrogens is 288 g/mol. The van der Waals surface area contributed by atoms with Crippen LogP contribution in [0.3, 0.4) is 0 Å². The van der Waals surface area contributed by atoms with Gasteiger partial charge in [-0.05, 0) is 41.7 Å². The molecule has 0 spiro atoms. The number of fused-ring (bicyclic) bond motifs is 1. The number of hydrogen-bond acceptors (Lipinski definition) is 4. The Morgan fingerprint density at radius 3 is 2.91 bits per heavy atom. The van der Waals surface area contributed by atoms with Gasteiger partial charge < -0.3 is 14.4 Å². The fourth-order valence-electron chi connectivity index (χ4n) is 3.52. The van der Waals surface area contributed by atoms with E-state index in [4.69, 9.17) is 9.47 Å². The largest absolute Gasteiger partial charge is 0.454 e. The molecule has 0 unspecified atom stereocenters. The molecule has 2 aliphatic heterocycles. The van der Waals surface area contributed by atoms with Crippen molar-refractivity contribution >= 4 is 0 Å². The third-order valence-electron chi connectivity index (χ3n) is 4.70. The fourth-order valence-corrected chi connectivity index (χ4v) is 3.52. The van der Waals surface area contributed by atoms with Gasteiger partial charge in [0.2, 0.25) is 6.79 Å². The van der Waals surface area contributed by atoms with Crippen LogP contribution in [0.5, 0.6) is 11.5 Å². The Morgan fingerprint density at radius 2 is 2.09 bits per heavy atom. The van der Waals surface area contributed by atoms with Crippen LogP contribution in [0.1, 0.15) is 24.0 Å². The van der Waals surface area contributed by atoms with E-state index in [1.807, 2.05) is 24.5 Å². The van der Waals surface area contributed by atoms with Crippen LogP contribution in [-0.4, -0.2) is 36.3 Å². The Kier molecular flexibility index (Phi) is 3.92. The quantitative estimate of drug-likeness (QED) is 0.850. The number of likely N-dealkylation sites (tertiary alicyclic amines) is 1. The number of ether oxygens (including phenoxy) is 2. The highest BCUT2D eigenvalue weighted by Crippen LogP contribution is 2.33. The minimum atomic E-state index is 0.345. The van der Waals surface area contributed by atoms with Gasteiger partial charge in [-0.25, -0.2) is 0 Å². The number of hydrogen-bond donors (Lipinski definition) is 0. The van der Waals surface area contributed by atoms with Crippen LogP contribution in [0, 0.1) is 5.92 Å². The zero-order valence-corrected chi connectivity index (χ0v) is 13.4. The molecule has 23 heavy (non-hydrogen) atoms. The lowest BCUT2D eigenvalue weighted by Crippen LogP contribution is -2.47. The molecule has 0 amide bonds. The summed E-state index contributed by atoms with van der Waals surface area (Å²) in [6.07, 6.45) is 4.91. The van der Waals surface area contributed by atoms with Crippen molar-refractivity contribution in [3.05, 3.63) is 53.9 Å². The maximum atomic E-state index is 5.46. The van der Waals surface area contributed by atoms with Gasteiger partial charge in [0.05, 0.1) is 0 Å². The van der Waals surface area contributed by atoms with Crippen LogP contribution in [0.25, 0.3) is 0 Å². The van der Waals surface area contributed by atoms with Crippen LogP contribution in [0.4, 0.5) is 0 Å². The summed E-state index contributed by atoms with van der Waals surface area (Å²) < 4.78 is 10.8. The first-order chi connectivity index (χ1) is 11.3. The third kappa shape index (κ3) is 3.17. The Bertz CT molecular complexity index is 668. The Morgan fingerprint density at radius 1 is 1.22 bits per heavy atom. The van der Waals surface area contributed by atoms with Gasteiger partial charge in [-0.3, -0.25) is 4.98 Å². The lowest BCUT2D eigenvalue weighted by Gasteiger charge is -2.40. The van der Waals surface area contributed by atoms with E-state index in [0.717, 1.165) is 37.6 Å². The van der Waals surface area contributed by atoms with Crippen molar-refractivity contribution in [2.45, 2.75) is 19.3 Å². The highest BCUT2D eigenvalue weighted by Gasteiger charge is 2.28. The van der Waals surface area contributed by atoms with Crippen molar-refractivity contribution in [3.8, 4) is 11.5 Å². The normalized spacial score (nSPS) is 18.7. The number of pyridine rings is 1. The van der Waals surface area contributed by atoms with Gasteiger partial charge in [-0.1, -0.05) is 19.1 Å². The Hall–Kier alpha value is -2.07. The molecule has 1 aromatic heterocycles. The molecule has 0 saturated carbocycles. The molecule has 0 bridgehead atoms. The second-order valence-corrected chi connectivity index (χ2v) is 6.70. The zero-order valence-electron chi connectivity index (χ0n) is 13.4. The molecule has 2 aromatic rings. The Labute approximate surface area is 137 Å². The maximum absolute atomic E-state index is 5.46. The van der Waals surface area contributed by atoms with Crippen molar-refractivity contribution < 1.29 is 9.47 Å². The average molecular weight is 310 g/mol. The number of aromatic nitrogens is 1. The molecule has 0 aliphatic carbocycles. The fraction of sp³-hybridized carbons (Fsp3) is 0.421. The average Bonchev–Trinajstić information content (AvgIpc) is 2.99. The first kappa shape index (κ1) is 14.5. The van der Waals surface area contributed by atoms with Crippen molar-refractivity contribution in [2.75, 3.05) is 26.4 Å². The predicted molar refractivity (Wildman–Crippen MR) is 88.9 cm³/mol. The molecule has 3 heterocycles. The number of rotatable bonds is 5. The second kappa shape index (κ2) is 6.20. The summed E-state index contributed by atoms with van der Waals surface area (Å²) in [6, 6.07) is 10.5. The zero-order chi connectivity index (χ0) is 15.6. The van der Waals surface area contributed by atoms with Gasteiger partial charge in [0.25, 0.3) is 0 Å².